The van der Waals surface area contributed by atoms with Gasteiger partial charge in [0.1, 0.15) is 0 Å². The number of aromatic nitrogens is 1. The number of pyridine rings is 1. The molecule has 0 amide bonds. The molecule has 0 unspecified atom stereocenters. The predicted octanol–water partition coefficient (Wildman–Crippen LogP) is 10.6. The molecule has 0 saturated carbocycles. The molecule has 1 heterocycles. The van der Waals surface area contributed by atoms with Crippen LogP contribution in [0.15, 0.2) is 42.6 Å². The zero-order valence-corrected chi connectivity index (χ0v) is 24.5. The van der Waals surface area contributed by atoms with Crippen LogP contribution in [0.4, 0.5) is 0 Å². The van der Waals surface area contributed by atoms with Crippen molar-refractivity contribution >= 4 is 0 Å². The predicted molar refractivity (Wildman–Crippen MR) is 155 cm³/mol. The van der Waals surface area contributed by atoms with Crippen LogP contribution >= 0.6 is 0 Å². The first-order valence-corrected chi connectivity index (χ1v) is 12.5. The second-order valence-corrected chi connectivity index (χ2v) is 12.0. The van der Waals surface area contributed by atoms with E-state index in [1.54, 1.807) is 0 Å². The van der Waals surface area contributed by atoms with Gasteiger partial charge in [-0.25, -0.2) is 0 Å². The van der Waals surface area contributed by atoms with Crippen molar-refractivity contribution in [2.45, 2.75) is 140 Å². The lowest BCUT2D eigenvalue weighted by Crippen LogP contribution is -2.17. The van der Waals surface area contributed by atoms with E-state index in [9.17, 15) is 0 Å². The number of benzene rings is 1. The van der Waals surface area contributed by atoms with Crippen LogP contribution in [0.25, 0.3) is 0 Å². The highest BCUT2D eigenvalue weighted by atomic mass is 14.7. The molecule has 0 N–H and O–H groups in total. The minimum Gasteiger partial charge on any atom is -0.261 e. The summed E-state index contributed by atoms with van der Waals surface area (Å²) in [6, 6.07) is 13.3. The Kier molecular flexibility index (Phi) is 15.9. The van der Waals surface area contributed by atoms with Gasteiger partial charge in [0.25, 0.3) is 0 Å². The summed E-state index contributed by atoms with van der Waals surface area (Å²) in [6.07, 6.45) is 1.92. The zero-order valence-electron chi connectivity index (χ0n) is 24.5. The fraction of sp³-hybridized carbons (Fsp3) is 0.656. The Labute approximate surface area is 209 Å². The van der Waals surface area contributed by atoms with Crippen LogP contribution in [0.1, 0.15) is 141 Å². The van der Waals surface area contributed by atoms with Crippen molar-refractivity contribution in [3.8, 4) is 0 Å². The average molecular weight is 458 g/mol. The Balaban J connectivity index is -0.000000461. The molecule has 1 heteroatoms. The van der Waals surface area contributed by atoms with Gasteiger partial charge in [-0.05, 0) is 45.1 Å². The van der Waals surface area contributed by atoms with Gasteiger partial charge in [0.2, 0.25) is 0 Å². The summed E-state index contributed by atoms with van der Waals surface area (Å²) < 4.78 is 0. The highest BCUT2D eigenvalue weighted by molar-refractivity contribution is 5.32. The lowest BCUT2D eigenvalue weighted by molar-refractivity contribution is 0.552. The van der Waals surface area contributed by atoms with Gasteiger partial charge in [0.05, 0.1) is 0 Å². The third kappa shape index (κ3) is 13.6. The molecule has 0 spiro atoms. The summed E-state index contributed by atoms with van der Waals surface area (Å²) in [5.74, 6) is 0. The normalized spacial score (nSPS) is 11.4. The smallest absolute Gasteiger partial charge is 0.0459 e. The van der Waals surface area contributed by atoms with Crippen LogP contribution in [0.3, 0.4) is 0 Å². The standard InChI is InChI=1S/C14H22.C13H21N.2C2H6.CH4/c1-13(2,3)11-8-7-9-12(10-11)14(4,5)6;1-12(2,3)10-7-8-14-11(9-10)13(4,5)6;2*1-2;/h7-10H,1-6H3;7-9H,1-6H3;2*1-2H3;1H4. The second kappa shape index (κ2) is 14.6. The zero-order chi connectivity index (χ0) is 26.0. The SMILES string of the molecule is C.CC.CC.CC(C)(C)c1cccc(C(C)(C)C)c1.CC(C)(C)c1ccnc(C(C)(C)C)c1. The Morgan fingerprint density at radius 3 is 1.12 bits per heavy atom. The molecule has 0 atom stereocenters. The van der Waals surface area contributed by atoms with Gasteiger partial charge >= 0.3 is 0 Å². The van der Waals surface area contributed by atoms with Crippen LogP contribution in [0, 0.1) is 0 Å². The molecular formula is C32H59N. The third-order valence-electron chi connectivity index (χ3n) is 4.99. The van der Waals surface area contributed by atoms with E-state index < -0.39 is 0 Å². The first-order valence-electron chi connectivity index (χ1n) is 12.5. The fourth-order valence-electron chi connectivity index (χ4n) is 2.76. The number of hydrogen-bond acceptors (Lipinski definition) is 1. The van der Waals surface area contributed by atoms with Crippen LogP contribution < -0.4 is 0 Å². The summed E-state index contributed by atoms with van der Waals surface area (Å²) in [5, 5.41) is 0. The average Bonchev–Trinajstić information content (AvgIpc) is 2.69. The first kappa shape index (κ1) is 35.9. The lowest BCUT2D eigenvalue weighted by atomic mass is 9.81. The van der Waals surface area contributed by atoms with Gasteiger partial charge in [-0.3, -0.25) is 4.98 Å². The molecule has 2 rings (SSSR count). The summed E-state index contributed by atoms with van der Waals surface area (Å²) in [7, 11) is 0. The molecule has 0 bridgehead atoms. The molecule has 1 aromatic carbocycles. The van der Waals surface area contributed by atoms with Gasteiger partial charge < -0.3 is 0 Å². The molecule has 0 aliphatic heterocycles. The molecule has 33 heavy (non-hydrogen) atoms. The van der Waals surface area contributed by atoms with E-state index >= 15 is 0 Å². The quantitative estimate of drug-likeness (QED) is 0.383. The van der Waals surface area contributed by atoms with Crippen molar-refractivity contribution in [2.24, 2.45) is 0 Å². The molecule has 0 fully saturated rings. The van der Waals surface area contributed by atoms with Crippen LogP contribution in [-0.4, -0.2) is 4.98 Å². The topological polar surface area (TPSA) is 12.9 Å². The monoisotopic (exact) mass is 457 g/mol. The van der Waals surface area contributed by atoms with Crippen LogP contribution in [0.2, 0.25) is 0 Å². The Morgan fingerprint density at radius 2 is 0.818 bits per heavy atom. The Hall–Kier alpha value is -1.63. The Morgan fingerprint density at radius 1 is 0.485 bits per heavy atom. The van der Waals surface area contributed by atoms with Crippen LogP contribution in [-0.2, 0) is 21.7 Å². The summed E-state index contributed by atoms with van der Waals surface area (Å²) in [6.45, 7) is 34.8. The van der Waals surface area contributed by atoms with E-state index in [-0.39, 0.29) is 29.1 Å². The van der Waals surface area contributed by atoms with Crippen molar-refractivity contribution < 1.29 is 0 Å². The highest BCUT2D eigenvalue weighted by Crippen LogP contribution is 2.28. The van der Waals surface area contributed by atoms with Crippen molar-refractivity contribution in [1.82, 2.24) is 4.98 Å². The first-order chi connectivity index (χ1) is 14.4. The fourth-order valence-corrected chi connectivity index (χ4v) is 2.76. The van der Waals surface area contributed by atoms with E-state index in [1.807, 2.05) is 33.9 Å². The summed E-state index contributed by atoms with van der Waals surface area (Å²) in [4.78, 5) is 4.42. The van der Waals surface area contributed by atoms with E-state index in [4.69, 9.17) is 0 Å². The number of rotatable bonds is 0. The van der Waals surface area contributed by atoms with E-state index in [0.717, 1.165) is 0 Å². The van der Waals surface area contributed by atoms with Crippen molar-refractivity contribution in [1.29, 1.82) is 0 Å². The van der Waals surface area contributed by atoms with Crippen LogP contribution in [0.5, 0.6) is 0 Å². The summed E-state index contributed by atoms with van der Waals surface area (Å²) >= 11 is 0. The molecule has 192 valence electrons. The Bertz CT molecular complexity index is 631. The number of hydrogen-bond donors (Lipinski definition) is 0. The molecule has 0 saturated heterocycles. The maximum absolute atomic E-state index is 4.42. The van der Waals surface area contributed by atoms with E-state index in [2.05, 4.69) is 124 Å². The molecule has 0 aliphatic rings. The van der Waals surface area contributed by atoms with Gasteiger partial charge in [-0.2, -0.15) is 0 Å². The largest absolute Gasteiger partial charge is 0.261 e. The second-order valence-electron chi connectivity index (χ2n) is 12.0. The maximum Gasteiger partial charge on any atom is 0.0459 e. The molecule has 1 aromatic heterocycles. The van der Waals surface area contributed by atoms with E-state index in [0.29, 0.717) is 0 Å². The summed E-state index contributed by atoms with van der Waals surface area (Å²) in [5.41, 5.74) is 6.23. The van der Waals surface area contributed by atoms with Gasteiger partial charge in [0.15, 0.2) is 0 Å². The van der Waals surface area contributed by atoms with Crippen molar-refractivity contribution in [2.75, 3.05) is 0 Å². The maximum atomic E-state index is 4.42. The van der Waals surface area contributed by atoms with E-state index in [1.165, 1.54) is 22.4 Å². The highest BCUT2D eigenvalue weighted by Gasteiger charge is 2.20. The molecular weight excluding hydrogens is 398 g/mol. The molecule has 0 aliphatic carbocycles. The number of nitrogens with zero attached hydrogens (tertiary/aromatic N) is 1. The molecule has 2 aromatic rings. The molecule has 1 nitrogen and oxygen atoms in total. The van der Waals surface area contributed by atoms with Gasteiger partial charge in [-0.15, -0.1) is 0 Å². The van der Waals surface area contributed by atoms with Crippen molar-refractivity contribution in [3.05, 3.63) is 65.0 Å². The van der Waals surface area contributed by atoms with Crippen molar-refractivity contribution in [3.63, 3.8) is 0 Å². The van der Waals surface area contributed by atoms with Gasteiger partial charge in [-0.1, -0.05) is 142 Å². The lowest BCUT2D eigenvalue weighted by Gasteiger charge is -2.24. The minimum atomic E-state index is 0. The molecule has 0 radical (unpaired) electrons. The minimum absolute atomic E-state index is 0. The third-order valence-corrected chi connectivity index (χ3v) is 4.99. The van der Waals surface area contributed by atoms with Gasteiger partial charge in [0, 0.05) is 17.3 Å².